The molecule has 0 aliphatic carbocycles. The lowest BCUT2D eigenvalue weighted by molar-refractivity contribution is 0.263. The number of nitrogens with two attached hydrogens (primary N) is 1. The first-order chi connectivity index (χ1) is 7.74. The van der Waals surface area contributed by atoms with Gasteiger partial charge in [-0.2, -0.15) is 0 Å². The van der Waals surface area contributed by atoms with E-state index in [1.54, 1.807) is 6.20 Å². The molecule has 1 aliphatic rings. The Balaban J connectivity index is 1.74. The predicted octanol–water partition coefficient (Wildman–Crippen LogP) is 1.33. The molecule has 0 spiro atoms. The molecule has 0 radical (unpaired) electrons. The molecule has 0 bridgehead atoms. The Bertz CT molecular complexity index is 380. The van der Waals surface area contributed by atoms with Crippen molar-refractivity contribution in [3.63, 3.8) is 0 Å². The van der Waals surface area contributed by atoms with Crippen molar-refractivity contribution >= 4 is 22.0 Å². The second kappa shape index (κ2) is 5.16. The lowest BCUT2D eigenvalue weighted by Crippen LogP contribution is -2.12. The minimum Gasteiger partial charge on any atom is -0.492 e. The second-order valence-electron chi connectivity index (χ2n) is 3.39. The van der Waals surface area contributed by atoms with Gasteiger partial charge in [0.25, 0.3) is 6.02 Å². The highest BCUT2D eigenvalue weighted by Gasteiger charge is 2.16. The molecule has 2 heterocycles. The molecule has 2 N–H and O–H groups in total. The zero-order valence-corrected chi connectivity index (χ0v) is 10.2. The highest BCUT2D eigenvalue weighted by Crippen LogP contribution is 2.14. The van der Waals surface area contributed by atoms with Crippen LogP contribution in [-0.4, -0.2) is 30.3 Å². The average Bonchev–Trinajstić information content (AvgIpc) is 2.67. The van der Waals surface area contributed by atoms with Crippen molar-refractivity contribution in [1.82, 2.24) is 4.98 Å². The fraction of sp³-hybridized carbons (Fsp3) is 0.400. The molecule has 0 amide bonds. The van der Waals surface area contributed by atoms with Gasteiger partial charge in [0.15, 0.2) is 0 Å². The number of aromatic nitrogens is 1. The quantitative estimate of drug-likeness (QED) is 0.848. The molecule has 1 aliphatic heterocycles. The third kappa shape index (κ3) is 3.10. The average molecular weight is 286 g/mol. The largest absolute Gasteiger partial charge is 0.492 e. The highest BCUT2D eigenvalue weighted by molar-refractivity contribution is 9.10. The van der Waals surface area contributed by atoms with Crippen LogP contribution in [0.4, 0.5) is 0 Å². The lowest BCUT2D eigenvalue weighted by Gasteiger charge is -2.07. The van der Waals surface area contributed by atoms with Crippen LogP contribution in [0.5, 0.6) is 5.75 Å². The molecule has 2 rings (SSSR count). The van der Waals surface area contributed by atoms with Gasteiger partial charge in [-0.1, -0.05) is 0 Å². The van der Waals surface area contributed by atoms with Crippen LogP contribution in [0.1, 0.15) is 6.42 Å². The second-order valence-corrected chi connectivity index (χ2v) is 4.20. The minimum absolute atomic E-state index is 0.114. The normalized spacial score (nSPS) is 19.1. The molecule has 0 saturated carbocycles. The maximum atomic E-state index is 5.51. The third-order valence-corrected chi connectivity index (χ3v) is 2.62. The summed E-state index contributed by atoms with van der Waals surface area (Å²) in [6.07, 6.45) is 2.46. The van der Waals surface area contributed by atoms with Crippen molar-refractivity contribution in [1.29, 1.82) is 0 Å². The van der Waals surface area contributed by atoms with Crippen LogP contribution < -0.4 is 10.5 Å². The lowest BCUT2D eigenvalue weighted by atomic mass is 10.2. The molecule has 86 valence electrons. The summed E-state index contributed by atoms with van der Waals surface area (Å²) in [6, 6.07) is 4.09. The van der Waals surface area contributed by atoms with Crippen molar-refractivity contribution in [2.24, 2.45) is 10.7 Å². The van der Waals surface area contributed by atoms with Crippen LogP contribution in [0.25, 0.3) is 0 Å². The minimum atomic E-state index is 0.114. The van der Waals surface area contributed by atoms with Gasteiger partial charge in [-0.25, -0.2) is 9.98 Å². The summed E-state index contributed by atoms with van der Waals surface area (Å²) in [6.45, 7) is 1.13. The van der Waals surface area contributed by atoms with E-state index in [0.29, 0.717) is 13.2 Å². The van der Waals surface area contributed by atoms with E-state index in [2.05, 4.69) is 25.9 Å². The Morgan fingerprint density at radius 2 is 2.44 bits per heavy atom. The fourth-order valence-electron chi connectivity index (χ4n) is 1.34. The molecule has 1 aromatic heterocycles. The first-order valence-electron chi connectivity index (χ1n) is 4.94. The van der Waals surface area contributed by atoms with Gasteiger partial charge in [0.2, 0.25) is 0 Å². The summed E-state index contributed by atoms with van der Waals surface area (Å²) in [5, 5.41) is 0. The summed E-state index contributed by atoms with van der Waals surface area (Å²) in [5.74, 6) is 0.749. The zero-order valence-electron chi connectivity index (χ0n) is 8.60. The van der Waals surface area contributed by atoms with Gasteiger partial charge in [-0.15, -0.1) is 0 Å². The molecule has 16 heavy (non-hydrogen) atoms. The SMILES string of the molecule is NC1=N[C@@H](CCOc2ccc(Br)nc2)CO1. The van der Waals surface area contributed by atoms with E-state index in [4.69, 9.17) is 15.2 Å². The Hall–Kier alpha value is -1.30. The number of aliphatic imine (C=N–C) groups is 1. The summed E-state index contributed by atoms with van der Waals surface area (Å²) in [7, 11) is 0. The van der Waals surface area contributed by atoms with E-state index in [1.165, 1.54) is 0 Å². The molecule has 5 nitrogen and oxygen atoms in total. The van der Waals surface area contributed by atoms with E-state index in [9.17, 15) is 0 Å². The maximum Gasteiger partial charge on any atom is 0.282 e. The fourth-order valence-corrected chi connectivity index (χ4v) is 1.58. The number of ether oxygens (including phenoxy) is 2. The molecule has 0 unspecified atom stereocenters. The van der Waals surface area contributed by atoms with E-state index < -0.39 is 0 Å². The molecule has 6 heteroatoms. The molecule has 1 aromatic rings. The van der Waals surface area contributed by atoms with Crippen LogP contribution in [0.3, 0.4) is 0 Å². The van der Waals surface area contributed by atoms with Gasteiger partial charge in [-0.05, 0) is 28.1 Å². The highest BCUT2D eigenvalue weighted by atomic mass is 79.9. The Labute approximate surface area is 102 Å². The van der Waals surface area contributed by atoms with E-state index in [0.717, 1.165) is 16.8 Å². The van der Waals surface area contributed by atoms with Gasteiger partial charge in [-0.3, -0.25) is 0 Å². The number of rotatable bonds is 4. The Morgan fingerprint density at radius 3 is 3.06 bits per heavy atom. The molecule has 0 fully saturated rings. The van der Waals surface area contributed by atoms with Gasteiger partial charge in [0.05, 0.1) is 18.8 Å². The van der Waals surface area contributed by atoms with E-state index in [1.807, 2.05) is 12.1 Å². The number of nitrogens with zero attached hydrogens (tertiary/aromatic N) is 2. The Morgan fingerprint density at radius 1 is 1.56 bits per heavy atom. The van der Waals surface area contributed by atoms with E-state index >= 15 is 0 Å². The van der Waals surface area contributed by atoms with Crippen molar-refractivity contribution in [2.75, 3.05) is 13.2 Å². The topological polar surface area (TPSA) is 69.7 Å². The summed E-state index contributed by atoms with van der Waals surface area (Å²) < 4.78 is 11.3. The first kappa shape index (κ1) is 11.2. The van der Waals surface area contributed by atoms with Crippen molar-refractivity contribution in [3.8, 4) is 5.75 Å². The summed E-state index contributed by atoms with van der Waals surface area (Å²) in [4.78, 5) is 8.16. The number of pyridine rings is 1. The van der Waals surface area contributed by atoms with Crippen molar-refractivity contribution < 1.29 is 9.47 Å². The monoisotopic (exact) mass is 285 g/mol. The number of hydrogen-bond donors (Lipinski definition) is 1. The van der Waals surface area contributed by atoms with Crippen molar-refractivity contribution in [2.45, 2.75) is 12.5 Å². The molecule has 0 saturated heterocycles. The standard InChI is InChI=1S/C10H12BrN3O2/c11-9-2-1-8(5-13-9)15-4-3-7-6-16-10(12)14-7/h1-2,5,7H,3-4,6H2,(H2,12,14)/t7-/m0/s1. The van der Waals surface area contributed by atoms with Crippen LogP contribution in [0.15, 0.2) is 27.9 Å². The van der Waals surface area contributed by atoms with Gasteiger partial charge in [0, 0.05) is 6.42 Å². The van der Waals surface area contributed by atoms with Crippen LogP contribution in [-0.2, 0) is 4.74 Å². The van der Waals surface area contributed by atoms with Gasteiger partial charge >= 0.3 is 0 Å². The number of halogens is 1. The molecule has 0 aromatic carbocycles. The van der Waals surface area contributed by atoms with E-state index in [-0.39, 0.29) is 12.1 Å². The number of amidine groups is 1. The smallest absolute Gasteiger partial charge is 0.282 e. The number of hydrogen-bond acceptors (Lipinski definition) is 5. The predicted molar refractivity (Wildman–Crippen MR) is 63.4 cm³/mol. The molecular formula is C10H12BrN3O2. The van der Waals surface area contributed by atoms with Crippen LogP contribution in [0, 0.1) is 0 Å². The zero-order chi connectivity index (χ0) is 11.4. The molecular weight excluding hydrogens is 274 g/mol. The third-order valence-electron chi connectivity index (χ3n) is 2.15. The van der Waals surface area contributed by atoms with Crippen LogP contribution in [0.2, 0.25) is 0 Å². The van der Waals surface area contributed by atoms with Gasteiger partial charge in [0.1, 0.15) is 17.0 Å². The molecule has 1 atom stereocenters. The summed E-state index contributed by atoms with van der Waals surface area (Å²) in [5.41, 5.74) is 5.40. The van der Waals surface area contributed by atoms with Gasteiger partial charge < -0.3 is 15.2 Å². The van der Waals surface area contributed by atoms with Crippen molar-refractivity contribution in [3.05, 3.63) is 22.9 Å². The maximum absolute atomic E-state index is 5.51. The van der Waals surface area contributed by atoms with Crippen LogP contribution >= 0.6 is 15.9 Å². The Kier molecular flexibility index (Phi) is 3.61. The first-order valence-corrected chi connectivity index (χ1v) is 5.74. The summed E-state index contributed by atoms with van der Waals surface area (Å²) >= 11 is 3.26.